The first-order chi connectivity index (χ1) is 19.1. The van der Waals surface area contributed by atoms with E-state index in [9.17, 15) is 14.0 Å². The predicted molar refractivity (Wildman–Crippen MR) is 152 cm³/mol. The molecule has 4 aromatic rings. The van der Waals surface area contributed by atoms with Crippen molar-refractivity contribution < 1.29 is 14.0 Å². The fourth-order valence-corrected chi connectivity index (χ4v) is 7.14. The smallest absolute Gasteiger partial charge is 0.256 e. The molecule has 6 nitrogen and oxygen atoms in total. The van der Waals surface area contributed by atoms with Crippen molar-refractivity contribution in [2.45, 2.75) is 31.2 Å². The van der Waals surface area contributed by atoms with Crippen LogP contribution in [0.4, 0.5) is 4.39 Å². The van der Waals surface area contributed by atoms with E-state index < -0.39 is 0 Å². The Bertz CT molecular complexity index is 1430. The fraction of sp³-hybridized carbons (Fsp3) is 0.355. The molecule has 0 aliphatic carbocycles. The van der Waals surface area contributed by atoms with E-state index in [2.05, 4.69) is 32.0 Å². The first kappa shape index (κ1) is 25.8. The quantitative estimate of drug-likeness (QED) is 0.294. The molecular formula is C31H33FN4O2S. The lowest BCUT2D eigenvalue weighted by Gasteiger charge is -2.34. The van der Waals surface area contributed by atoms with Crippen LogP contribution in [0.15, 0.2) is 65.4 Å². The number of nitrogens with one attached hydrogen (secondary N) is 2. The highest BCUT2D eigenvalue weighted by Gasteiger charge is 2.38. The third-order valence-corrected chi connectivity index (χ3v) is 9.14. The van der Waals surface area contributed by atoms with Crippen LogP contribution < -0.4 is 5.32 Å². The molecule has 2 amide bonds. The van der Waals surface area contributed by atoms with E-state index in [-0.39, 0.29) is 11.7 Å². The molecule has 202 valence electrons. The Kier molecular flexibility index (Phi) is 7.48. The van der Waals surface area contributed by atoms with Gasteiger partial charge in [-0.2, -0.15) is 11.3 Å². The molecule has 0 saturated carbocycles. The van der Waals surface area contributed by atoms with Crippen molar-refractivity contribution in [2.75, 3.05) is 32.7 Å². The molecule has 39 heavy (non-hydrogen) atoms. The number of amides is 2. The summed E-state index contributed by atoms with van der Waals surface area (Å²) in [6.07, 6.45) is 2.82. The Balaban J connectivity index is 1.16. The lowest BCUT2D eigenvalue weighted by molar-refractivity contribution is -0.109. The number of halogens is 1. The number of aromatic nitrogens is 1. The second-order valence-electron chi connectivity index (χ2n) is 10.8. The minimum absolute atomic E-state index is 0.0510. The molecule has 4 heterocycles. The summed E-state index contributed by atoms with van der Waals surface area (Å²) in [7, 11) is 0. The number of aromatic amines is 1. The van der Waals surface area contributed by atoms with E-state index in [1.165, 1.54) is 11.1 Å². The maximum Gasteiger partial charge on any atom is 0.256 e. The van der Waals surface area contributed by atoms with Gasteiger partial charge in [-0.15, -0.1) is 0 Å². The van der Waals surface area contributed by atoms with Crippen LogP contribution in [0.1, 0.15) is 51.9 Å². The van der Waals surface area contributed by atoms with Gasteiger partial charge in [0, 0.05) is 36.6 Å². The summed E-state index contributed by atoms with van der Waals surface area (Å²) >= 11 is 1.71. The molecular weight excluding hydrogens is 511 g/mol. The highest BCUT2D eigenvalue weighted by Crippen LogP contribution is 2.37. The van der Waals surface area contributed by atoms with Crippen molar-refractivity contribution in [3.63, 3.8) is 0 Å². The van der Waals surface area contributed by atoms with Gasteiger partial charge in [0.1, 0.15) is 5.82 Å². The molecule has 2 aliphatic rings. The van der Waals surface area contributed by atoms with Gasteiger partial charge >= 0.3 is 0 Å². The van der Waals surface area contributed by atoms with Crippen LogP contribution in [-0.2, 0) is 11.3 Å². The second-order valence-corrected chi connectivity index (χ2v) is 11.6. The SMILES string of the molecule is O=CNCc1cc2cccc(C(=O)N3C[C@@H](CN4CCC(c5ccc(F)cc5)CC4)[C@H](c4ccsc4)C3)c2[nH]1. The minimum Gasteiger partial charge on any atom is -0.356 e. The molecule has 2 saturated heterocycles. The highest BCUT2D eigenvalue weighted by atomic mass is 32.1. The van der Waals surface area contributed by atoms with E-state index in [4.69, 9.17) is 0 Å². The molecule has 2 atom stereocenters. The van der Waals surface area contributed by atoms with Gasteiger partial charge in [0.2, 0.25) is 6.41 Å². The first-order valence-electron chi connectivity index (χ1n) is 13.7. The maximum absolute atomic E-state index is 13.9. The number of hydrogen-bond donors (Lipinski definition) is 2. The van der Waals surface area contributed by atoms with Crippen molar-refractivity contribution in [3.8, 4) is 0 Å². The average Bonchev–Trinajstić information content (AvgIpc) is 3.72. The molecule has 2 aliphatic heterocycles. The summed E-state index contributed by atoms with van der Waals surface area (Å²) in [4.78, 5) is 32.5. The standard InChI is InChI=1S/C31H33FN4O2S/c32-26-6-4-21(5-7-26)22-8-11-35(12-9-22)16-25-17-36(18-29(25)24-10-13-39-19-24)31(38)28-3-1-2-23-14-27(15-33-20-37)34-30(23)28/h1-7,10,13-14,19-20,22,25,29,34H,8-9,11-12,15-18H2,(H,33,37)/t25-,29+/m1/s1. The number of thiophene rings is 1. The van der Waals surface area contributed by atoms with E-state index in [1.807, 2.05) is 41.3 Å². The Morgan fingerprint density at radius 3 is 2.64 bits per heavy atom. The lowest BCUT2D eigenvalue weighted by Crippen LogP contribution is -2.38. The van der Waals surface area contributed by atoms with Gasteiger partial charge in [-0.05, 0) is 90.0 Å². The van der Waals surface area contributed by atoms with E-state index in [1.54, 1.807) is 23.5 Å². The maximum atomic E-state index is 13.9. The van der Waals surface area contributed by atoms with Crippen molar-refractivity contribution in [2.24, 2.45) is 5.92 Å². The summed E-state index contributed by atoms with van der Waals surface area (Å²) in [5.74, 6) is 1.02. The molecule has 6 rings (SSSR count). The van der Waals surface area contributed by atoms with Gasteiger partial charge < -0.3 is 20.1 Å². The number of carbonyl (C=O) groups is 2. The minimum atomic E-state index is -0.182. The number of likely N-dealkylation sites (tertiary alicyclic amines) is 2. The number of piperidine rings is 1. The lowest BCUT2D eigenvalue weighted by atomic mass is 9.87. The Morgan fingerprint density at radius 2 is 1.90 bits per heavy atom. The number of hydrogen-bond acceptors (Lipinski definition) is 4. The third kappa shape index (κ3) is 5.49. The van der Waals surface area contributed by atoms with Crippen molar-refractivity contribution in [3.05, 3.63) is 93.6 Å². The Labute approximate surface area is 231 Å². The molecule has 2 aromatic carbocycles. The largest absolute Gasteiger partial charge is 0.356 e. The van der Waals surface area contributed by atoms with Crippen LogP contribution in [0, 0.1) is 11.7 Å². The fourth-order valence-electron chi connectivity index (χ4n) is 6.41. The Hall–Kier alpha value is -3.49. The third-order valence-electron chi connectivity index (χ3n) is 8.44. The topological polar surface area (TPSA) is 68.4 Å². The van der Waals surface area contributed by atoms with E-state index in [0.29, 0.717) is 42.8 Å². The van der Waals surface area contributed by atoms with Crippen LogP contribution in [0.2, 0.25) is 0 Å². The molecule has 2 N–H and O–H groups in total. The summed E-state index contributed by atoms with van der Waals surface area (Å²) < 4.78 is 13.4. The summed E-state index contributed by atoms with van der Waals surface area (Å²) in [6, 6.07) is 17.0. The van der Waals surface area contributed by atoms with Gasteiger partial charge in [-0.1, -0.05) is 24.3 Å². The van der Waals surface area contributed by atoms with E-state index >= 15 is 0 Å². The van der Waals surface area contributed by atoms with Gasteiger partial charge in [0.15, 0.2) is 0 Å². The molecule has 2 fully saturated rings. The number of fused-ring (bicyclic) bond motifs is 1. The highest BCUT2D eigenvalue weighted by molar-refractivity contribution is 7.08. The van der Waals surface area contributed by atoms with Gasteiger partial charge in [0.25, 0.3) is 5.91 Å². The normalized spacial score (nSPS) is 20.5. The molecule has 0 bridgehead atoms. The van der Waals surface area contributed by atoms with Crippen LogP contribution >= 0.6 is 11.3 Å². The summed E-state index contributed by atoms with van der Waals surface area (Å²) in [6.45, 7) is 4.84. The number of carbonyl (C=O) groups excluding carboxylic acids is 2. The van der Waals surface area contributed by atoms with Crippen LogP contribution in [0.25, 0.3) is 10.9 Å². The zero-order valence-corrected chi connectivity index (χ0v) is 22.6. The van der Waals surface area contributed by atoms with Gasteiger partial charge in [-0.25, -0.2) is 4.39 Å². The number of rotatable bonds is 8. The van der Waals surface area contributed by atoms with Gasteiger partial charge in [-0.3, -0.25) is 9.59 Å². The van der Waals surface area contributed by atoms with Crippen molar-refractivity contribution in [1.29, 1.82) is 0 Å². The number of H-pyrrole nitrogens is 1. The van der Waals surface area contributed by atoms with Gasteiger partial charge in [0.05, 0.1) is 17.6 Å². The van der Waals surface area contributed by atoms with Crippen molar-refractivity contribution in [1.82, 2.24) is 20.1 Å². The number of nitrogens with zero attached hydrogens (tertiary/aromatic N) is 2. The number of benzene rings is 2. The second kappa shape index (κ2) is 11.3. The molecule has 8 heteroatoms. The molecule has 0 unspecified atom stereocenters. The van der Waals surface area contributed by atoms with Crippen molar-refractivity contribution >= 4 is 34.6 Å². The first-order valence-corrected chi connectivity index (χ1v) is 14.6. The summed E-state index contributed by atoms with van der Waals surface area (Å²) in [5, 5.41) is 8.00. The monoisotopic (exact) mass is 544 g/mol. The Morgan fingerprint density at radius 1 is 1.08 bits per heavy atom. The van der Waals surface area contributed by atoms with Crippen LogP contribution in [0.3, 0.4) is 0 Å². The molecule has 0 radical (unpaired) electrons. The van der Waals surface area contributed by atoms with Crippen LogP contribution in [0.5, 0.6) is 0 Å². The zero-order chi connectivity index (χ0) is 26.8. The zero-order valence-electron chi connectivity index (χ0n) is 21.8. The van der Waals surface area contributed by atoms with Crippen LogP contribution in [-0.4, -0.2) is 59.8 Å². The molecule has 2 aromatic heterocycles. The summed E-state index contributed by atoms with van der Waals surface area (Å²) in [5.41, 5.74) is 4.92. The number of para-hydroxylation sites is 1. The average molecular weight is 545 g/mol. The predicted octanol–water partition coefficient (Wildman–Crippen LogP) is 5.35. The van der Waals surface area contributed by atoms with E-state index in [0.717, 1.165) is 55.6 Å². The molecule has 0 spiro atoms.